The fourth-order valence-electron chi connectivity index (χ4n) is 2.23. The van der Waals surface area contributed by atoms with Crippen LogP contribution >= 0.6 is 15.9 Å². The van der Waals surface area contributed by atoms with E-state index in [1.165, 1.54) is 5.56 Å². The minimum Gasteiger partial charge on any atom is -0.375 e. The van der Waals surface area contributed by atoms with E-state index < -0.39 is 0 Å². The second-order valence-electron chi connectivity index (χ2n) is 4.53. The maximum absolute atomic E-state index is 6.32. The van der Waals surface area contributed by atoms with Crippen molar-refractivity contribution in [3.8, 4) is 0 Å². The smallest absolute Gasteiger partial charge is 0.0975 e. The Kier molecular flexibility index (Phi) is 5.14. The Morgan fingerprint density at radius 1 is 1.05 bits per heavy atom. The number of ether oxygens (including phenoxy) is 1. The molecule has 0 heterocycles. The summed E-state index contributed by atoms with van der Waals surface area (Å²) in [4.78, 5) is 0. The van der Waals surface area contributed by atoms with E-state index in [1.54, 1.807) is 7.11 Å². The van der Waals surface area contributed by atoms with Crippen LogP contribution < -0.4 is 5.73 Å². The first kappa shape index (κ1) is 14.3. The van der Waals surface area contributed by atoms with Gasteiger partial charge in [0.25, 0.3) is 0 Å². The molecule has 0 amide bonds. The normalized spacial score (nSPS) is 14.1. The van der Waals surface area contributed by atoms with Crippen molar-refractivity contribution in [1.82, 2.24) is 0 Å². The summed E-state index contributed by atoms with van der Waals surface area (Å²) in [6.07, 6.45) is 0.683. The molecule has 0 bridgehead atoms. The van der Waals surface area contributed by atoms with Gasteiger partial charge >= 0.3 is 0 Å². The zero-order chi connectivity index (χ0) is 13.7. The van der Waals surface area contributed by atoms with Gasteiger partial charge in [-0.15, -0.1) is 0 Å². The fourth-order valence-corrected chi connectivity index (χ4v) is 2.67. The highest BCUT2D eigenvalue weighted by atomic mass is 79.9. The molecule has 2 N–H and O–H groups in total. The monoisotopic (exact) mass is 319 g/mol. The second-order valence-corrected chi connectivity index (χ2v) is 5.38. The Balaban J connectivity index is 2.14. The first-order valence-corrected chi connectivity index (χ1v) is 7.08. The summed E-state index contributed by atoms with van der Waals surface area (Å²) in [6, 6.07) is 18.2. The van der Waals surface area contributed by atoms with Crippen molar-refractivity contribution in [2.24, 2.45) is 5.73 Å². The van der Waals surface area contributed by atoms with E-state index in [0.29, 0.717) is 0 Å². The molecule has 0 saturated carbocycles. The topological polar surface area (TPSA) is 35.2 Å². The Bertz CT molecular complexity index is 515. The molecular weight excluding hydrogens is 302 g/mol. The molecule has 2 atom stereocenters. The lowest BCUT2D eigenvalue weighted by molar-refractivity contribution is 0.0802. The lowest BCUT2D eigenvalue weighted by Crippen LogP contribution is -2.32. The Hall–Kier alpha value is -1.16. The van der Waals surface area contributed by atoms with Crippen LogP contribution in [0.4, 0.5) is 0 Å². The first-order valence-electron chi connectivity index (χ1n) is 6.29. The van der Waals surface area contributed by atoms with Gasteiger partial charge in [-0.3, -0.25) is 0 Å². The zero-order valence-electron chi connectivity index (χ0n) is 10.9. The second kappa shape index (κ2) is 6.85. The summed E-state index contributed by atoms with van der Waals surface area (Å²) in [5.74, 6) is 0. The van der Waals surface area contributed by atoms with Gasteiger partial charge in [-0.05, 0) is 23.6 Å². The molecular formula is C16H18BrNO. The summed E-state index contributed by atoms with van der Waals surface area (Å²) >= 11 is 3.56. The molecule has 2 rings (SSSR count). The molecule has 0 fully saturated rings. The van der Waals surface area contributed by atoms with Gasteiger partial charge in [0.2, 0.25) is 0 Å². The van der Waals surface area contributed by atoms with E-state index in [-0.39, 0.29) is 12.1 Å². The lowest BCUT2D eigenvalue weighted by Gasteiger charge is -2.23. The molecule has 3 heteroatoms. The van der Waals surface area contributed by atoms with Crippen LogP contribution in [0.1, 0.15) is 17.2 Å². The molecule has 2 unspecified atom stereocenters. The third kappa shape index (κ3) is 3.66. The van der Waals surface area contributed by atoms with Crippen LogP contribution in [-0.2, 0) is 11.2 Å². The van der Waals surface area contributed by atoms with Crippen molar-refractivity contribution in [3.63, 3.8) is 0 Å². The van der Waals surface area contributed by atoms with E-state index in [9.17, 15) is 0 Å². The fraction of sp³-hybridized carbons (Fsp3) is 0.250. The maximum atomic E-state index is 6.32. The number of nitrogens with two attached hydrogens (primary N) is 1. The number of methoxy groups -OCH3 is 1. The number of hydrogen-bond acceptors (Lipinski definition) is 2. The van der Waals surface area contributed by atoms with Gasteiger partial charge in [-0.25, -0.2) is 0 Å². The average molecular weight is 320 g/mol. The number of hydrogen-bond donors (Lipinski definition) is 1. The summed E-state index contributed by atoms with van der Waals surface area (Å²) in [7, 11) is 1.71. The molecule has 0 spiro atoms. The van der Waals surface area contributed by atoms with E-state index in [4.69, 9.17) is 10.5 Å². The predicted molar refractivity (Wildman–Crippen MR) is 82.0 cm³/mol. The largest absolute Gasteiger partial charge is 0.375 e. The minimum absolute atomic E-state index is 0.0777. The predicted octanol–water partition coefficient (Wildman–Crippen LogP) is 3.71. The first-order chi connectivity index (χ1) is 9.22. The standard InChI is InChI=1S/C16H18BrNO/c1-19-16(12-7-3-2-4-8-12)15(18)11-13-9-5-6-10-14(13)17/h2-10,15-16H,11,18H2,1H3. The lowest BCUT2D eigenvalue weighted by atomic mass is 9.97. The summed E-state index contributed by atoms with van der Waals surface area (Å²) in [5.41, 5.74) is 8.63. The van der Waals surface area contributed by atoms with Crippen molar-refractivity contribution in [2.75, 3.05) is 7.11 Å². The molecule has 2 aromatic carbocycles. The van der Waals surface area contributed by atoms with Crippen LogP contribution in [0.5, 0.6) is 0 Å². The molecule has 2 nitrogen and oxygen atoms in total. The van der Waals surface area contributed by atoms with Crippen LogP contribution in [-0.4, -0.2) is 13.2 Å². The molecule has 0 saturated heterocycles. The highest BCUT2D eigenvalue weighted by Crippen LogP contribution is 2.24. The van der Waals surface area contributed by atoms with Gasteiger partial charge in [0.15, 0.2) is 0 Å². The third-order valence-electron chi connectivity index (χ3n) is 3.18. The molecule has 0 aromatic heterocycles. The molecule has 0 aliphatic rings. The molecule has 0 radical (unpaired) electrons. The maximum Gasteiger partial charge on any atom is 0.0975 e. The van der Waals surface area contributed by atoms with E-state index >= 15 is 0 Å². The van der Waals surface area contributed by atoms with Crippen molar-refractivity contribution in [1.29, 1.82) is 0 Å². The van der Waals surface area contributed by atoms with Crippen LogP contribution in [0.15, 0.2) is 59.1 Å². The van der Waals surface area contributed by atoms with Crippen molar-refractivity contribution < 1.29 is 4.74 Å². The van der Waals surface area contributed by atoms with Gasteiger partial charge in [0.1, 0.15) is 0 Å². The SMILES string of the molecule is COC(c1ccccc1)C(N)Cc1ccccc1Br. The zero-order valence-corrected chi connectivity index (χ0v) is 12.5. The highest BCUT2D eigenvalue weighted by molar-refractivity contribution is 9.10. The van der Waals surface area contributed by atoms with E-state index in [0.717, 1.165) is 16.5 Å². The summed E-state index contributed by atoms with van der Waals surface area (Å²) in [6.45, 7) is 0. The molecule has 100 valence electrons. The Labute approximate surface area is 122 Å². The van der Waals surface area contributed by atoms with E-state index in [1.807, 2.05) is 48.5 Å². The van der Waals surface area contributed by atoms with Gasteiger partial charge in [-0.2, -0.15) is 0 Å². The molecule has 19 heavy (non-hydrogen) atoms. The van der Waals surface area contributed by atoms with Gasteiger partial charge in [-0.1, -0.05) is 64.5 Å². The highest BCUT2D eigenvalue weighted by Gasteiger charge is 2.20. The van der Waals surface area contributed by atoms with Gasteiger partial charge in [0.05, 0.1) is 6.10 Å². The molecule has 2 aromatic rings. The van der Waals surface area contributed by atoms with Crippen LogP contribution in [0.3, 0.4) is 0 Å². The van der Waals surface area contributed by atoms with Crippen LogP contribution in [0.25, 0.3) is 0 Å². The third-order valence-corrected chi connectivity index (χ3v) is 3.96. The number of halogens is 1. The quantitative estimate of drug-likeness (QED) is 0.911. The molecule has 0 aliphatic carbocycles. The summed E-state index contributed by atoms with van der Waals surface area (Å²) < 4.78 is 6.66. The van der Waals surface area contributed by atoms with Crippen LogP contribution in [0.2, 0.25) is 0 Å². The van der Waals surface area contributed by atoms with Crippen molar-refractivity contribution in [3.05, 3.63) is 70.2 Å². The number of benzene rings is 2. The van der Waals surface area contributed by atoms with Crippen LogP contribution in [0, 0.1) is 0 Å². The Morgan fingerprint density at radius 2 is 1.68 bits per heavy atom. The van der Waals surface area contributed by atoms with Gasteiger partial charge in [0, 0.05) is 17.6 Å². The van der Waals surface area contributed by atoms with Crippen molar-refractivity contribution in [2.45, 2.75) is 18.6 Å². The average Bonchev–Trinajstić information content (AvgIpc) is 2.43. The summed E-state index contributed by atoms with van der Waals surface area (Å²) in [5, 5.41) is 0. The molecule has 0 aliphatic heterocycles. The minimum atomic E-state index is -0.0895. The number of rotatable bonds is 5. The van der Waals surface area contributed by atoms with Crippen molar-refractivity contribution >= 4 is 15.9 Å². The Morgan fingerprint density at radius 3 is 2.32 bits per heavy atom. The van der Waals surface area contributed by atoms with Gasteiger partial charge < -0.3 is 10.5 Å². The van der Waals surface area contributed by atoms with E-state index in [2.05, 4.69) is 22.0 Å².